The summed E-state index contributed by atoms with van der Waals surface area (Å²) in [5.41, 5.74) is 1.90. The summed E-state index contributed by atoms with van der Waals surface area (Å²) in [4.78, 5) is 24.8. The summed E-state index contributed by atoms with van der Waals surface area (Å²) in [6.07, 6.45) is 1.07. The normalized spacial score (nSPS) is 10.8. The molecule has 1 aromatic rings. The Morgan fingerprint density at radius 3 is 2.30 bits per heavy atom. The number of carbonyl (C=O) groups excluding carboxylic acids is 2. The van der Waals surface area contributed by atoms with E-state index in [1.807, 2.05) is 24.3 Å². The first-order valence-corrected chi connectivity index (χ1v) is 8.36. The largest absolute Gasteiger partial charge is 0.326 e. The number of amides is 1. The molecule has 1 amide bonds. The molecule has 0 saturated carbocycles. The maximum absolute atomic E-state index is 11.5. The second-order valence-electron chi connectivity index (χ2n) is 5.68. The number of Topliss-reactive ketones (excluding diaryl/α,β-unsaturated/α-hetero) is 1. The van der Waals surface area contributed by atoms with Gasteiger partial charge in [0.15, 0.2) is 0 Å². The van der Waals surface area contributed by atoms with Crippen molar-refractivity contribution in [1.29, 1.82) is 0 Å². The van der Waals surface area contributed by atoms with Crippen LogP contribution in [-0.4, -0.2) is 42.8 Å². The number of nitrogens with zero attached hydrogens (tertiary/aromatic N) is 1. The first kappa shape index (κ1) is 19.3. The molecule has 0 atom stereocenters. The van der Waals surface area contributed by atoms with Crippen LogP contribution in [0, 0.1) is 0 Å². The van der Waals surface area contributed by atoms with Crippen molar-refractivity contribution in [3.63, 3.8) is 0 Å². The molecule has 5 nitrogen and oxygen atoms in total. The van der Waals surface area contributed by atoms with Crippen LogP contribution >= 0.6 is 0 Å². The summed E-state index contributed by atoms with van der Waals surface area (Å²) in [6.45, 7) is 10.9. The molecule has 0 aromatic heterocycles. The zero-order chi connectivity index (χ0) is 17.1. The van der Waals surface area contributed by atoms with Gasteiger partial charge in [-0.25, -0.2) is 0 Å². The summed E-state index contributed by atoms with van der Waals surface area (Å²) < 4.78 is 0. The van der Waals surface area contributed by atoms with E-state index in [9.17, 15) is 9.59 Å². The molecule has 0 aliphatic rings. The van der Waals surface area contributed by atoms with Crippen LogP contribution in [0.2, 0.25) is 0 Å². The predicted octanol–water partition coefficient (Wildman–Crippen LogP) is 2.43. The number of hydrogen-bond donors (Lipinski definition) is 2. The quantitative estimate of drug-likeness (QED) is 0.486. The molecule has 0 aliphatic heterocycles. The predicted molar refractivity (Wildman–Crippen MR) is 94.5 cm³/mol. The van der Waals surface area contributed by atoms with Crippen LogP contribution in [0.4, 0.5) is 5.69 Å². The molecule has 2 N–H and O–H groups in total. The minimum atomic E-state index is -0.264. The third-order valence-electron chi connectivity index (χ3n) is 3.70. The maximum Gasteiger partial charge on any atom is 0.231 e. The summed E-state index contributed by atoms with van der Waals surface area (Å²) in [5.74, 6) is -0.396. The van der Waals surface area contributed by atoms with Crippen LogP contribution in [-0.2, 0) is 16.1 Å². The van der Waals surface area contributed by atoms with Gasteiger partial charge in [0.2, 0.25) is 5.91 Å². The second-order valence-corrected chi connectivity index (χ2v) is 5.68. The van der Waals surface area contributed by atoms with Crippen molar-refractivity contribution >= 4 is 17.4 Å². The van der Waals surface area contributed by atoms with Crippen molar-refractivity contribution in [1.82, 2.24) is 10.2 Å². The van der Waals surface area contributed by atoms with E-state index < -0.39 is 0 Å². The van der Waals surface area contributed by atoms with Crippen LogP contribution in [0.5, 0.6) is 0 Å². The zero-order valence-corrected chi connectivity index (χ0v) is 14.5. The number of hydrogen-bond acceptors (Lipinski definition) is 4. The lowest BCUT2D eigenvalue weighted by Gasteiger charge is -2.17. The lowest BCUT2D eigenvalue weighted by molar-refractivity contribution is -0.124. The average Bonchev–Trinajstić information content (AvgIpc) is 2.51. The van der Waals surface area contributed by atoms with E-state index in [0.29, 0.717) is 0 Å². The number of carbonyl (C=O) groups is 2. The Hall–Kier alpha value is -1.72. The third kappa shape index (κ3) is 8.47. The topological polar surface area (TPSA) is 61.4 Å². The monoisotopic (exact) mass is 319 g/mol. The minimum Gasteiger partial charge on any atom is -0.326 e. The summed E-state index contributed by atoms with van der Waals surface area (Å²) in [6, 6.07) is 7.71. The van der Waals surface area contributed by atoms with Crippen LogP contribution in [0.15, 0.2) is 24.3 Å². The summed E-state index contributed by atoms with van der Waals surface area (Å²) in [5, 5.41) is 6.15. The molecule has 0 radical (unpaired) electrons. The molecule has 0 heterocycles. The molecular weight excluding hydrogens is 290 g/mol. The minimum absolute atomic E-state index is 0.0736. The smallest absolute Gasteiger partial charge is 0.231 e. The fraction of sp³-hybridized carbons (Fsp3) is 0.556. The van der Waals surface area contributed by atoms with E-state index in [1.54, 1.807) is 0 Å². The first-order valence-electron chi connectivity index (χ1n) is 8.36. The highest BCUT2D eigenvalue weighted by Crippen LogP contribution is 2.10. The number of ketones is 1. The van der Waals surface area contributed by atoms with Gasteiger partial charge in [0, 0.05) is 12.2 Å². The van der Waals surface area contributed by atoms with Crippen molar-refractivity contribution in [2.75, 3.05) is 31.5 Å². The molecular formula is C18H29N3O2. The van der Waals surface area contributed by atoms with Gasteiger partial charge in [0.05, 0.1) is 6.42 Å². The molecule has 128 valence electrons. The van der Waals surface area contributed by atoms with E-state index in [1.165, 1.54) is 12.5 Å². The molecule has 0 bridgehead atoms. The molecule has 0 aliphatic carbocycles. The average molecular weight is 319 g/mol. The molecule has 0 fully saturated rings. The van der Waals surface area contributed by atoms with E-state index >= 15 is 0 Å². The van der Waals surface area contributed by atoms with Crippen molar-refractivity contribution < 1.29 is 9.59 Å². The van der Waals surface area contributed by atoms with E-state index in [2.05, 4.69) is 29.4 Å². The van der Waals surface area contributed by atoms with Gasteiger partial charge < -0.3 is 15.5 Å². The highest BCUT2D eigenvalue weighted by atomic mass is 16.2. The van der Waals surface area contributed by atoms with Crippen LogP contribution in [0.1, 0.15) is 39.2 Å². The lowest BCUT2D eigenvalue weighted by atomic mass is 10.2. The molecule has 5 heteroatoms. The summed E-state index contributed by atoms with van der Waals surface area (Å²) in [7, 11) is 0. The Morgan fingerprint density at radius 1 is 1.09 bits per heavy atom. The Kier molecular flexibility index (Phi) is 9.17. The standard InChI is InChI=1S/C18H29N3O2/c1-4-21(5-2)12-6-11-19-14-16-7-9-17(10-8-16)20-18(23)13-15(3)22/h7-10,19H,4-6,11-14H2,1-3H3,(H,20,23). The number of anilines is 1. The van der Waals surface area contributed by atoms with Gasteiger partial charge in [0.1, 0.15) is 5.78 Å². The van der Waals surface area contributed by atoms with E-state index in [-0.39, 0.29) is 18.1 Å². The van der Waals surface area contributed by atoms with E-state index in [4.69, 9.17) is 0 Å². The Morgan fingerprint density at radius 2 is 1.74 bits per heavy atom. The molecule has 1 rings (SSSR count). The lowest BCUT2D eigenvalue weighted by Crippen LogP contribution is -2.27. The Bertz CT molecular complexity index is 482. The van der Waals surface area contributed by atoms with Crippen LogP contribution in [0.3, 0.4) is 0 Å². The first-order chi connectivity index (χ1) is 11.0. The van der Waals surface area contributed by atoms with Gasteiger partial charge in [-0.2, -0.15) is 0 Å². The highest BCUT2D eigenvalue weighted by molar-refractivity contribution is 6.03. The zero-order valence-electron chi connectivity index (χ0n) is 14.5. The van der Waals surface area contributed by atoms with Gasteiger partial charge >= 0.3 is 0 Å². The molecule has 0 spiro atoms. The number of rotatable bonds is 11. The van der Waals surface area contributed by atoms with Crippen LogP contribution in [0.25, 0.3) is 0 Å². The fourth-order valence-electron chi connectivity index (χ4n) is 2.34. The summed E-state index contributed by atoms with van der Waals surface area (Å²) >= 11 is 0. The van der Waals surface area contributed by atoms with E-state index in [0.717, 1.165) is 44.8 Å². The second kappa shape index (κ2) is 10.9. The van der Waals surface area contributed by atoms with Crippen molar-refractivity contribution in [2.24, 2.45) is 0 Å². The Balaban J connectivity index is 2.26. The third-order valence-corrected chi connectivity index (χ3v) is 3.70. The van der Waals surface area contributed by atoms with Crippen molar-refractivity contribution in [3.05, 3.63) is 29.8 Å². The van der Waals surface area contributed by atoms with Crippen LogP contribution < -0.4 is 10.6 Å². The number of nitrogens with one attached hydrogen (secondary N) is 2. The number of benzene rings is 1. The molecule has 0 unspecified atom stereocenters. The van der Waals surface area contributed by atoms with Gasteiger partial charge in [-0.1, -0.05) is 26.0 Å². The maximum atomic E-state index is 11.5. The molecule has 1 aromatic carbocycles. The van der Waals surface area contributed by atoms with Gasteiger partial charge in [0.25, 0.3) is 0 Å². The van der Waals surface area contributed by atoms with Gasteiger partial charge in [-0.3, -0.25) is 9.59 Å². The Labute approximate surface area is 139 Å². The SMILES string of the molecule is CCN(CC)CCCNCc1ccc(NC(=O)CC(C)=O)cc1. The molecule has 23 heavy (non-hydrogen) atoms. The highest BCUT2D eigenvalue weighted by Gasteiger charge is 2.05. The van der Waals surface area contributed by atoms with Crippen molar-refractivity contribution in [2.45, 2.75) is 40.2 Å². The molecule has 0 saturated heterocycles. The van der Waals surface area contributed by atoms with Gasteiger partial charge in [-0.15, -0.1) is 0 Å². The van der Waals surface area contributed by atoms with Gasteiger partial charge in [-0.05, 0) is 57.2 Å². The fourth-order valence-corrected chi connectivity index (χ4v) is 2.34. The van der Waals surface area contributed by atoms with Crippen molar-refractivity contribution in [3.8, 4) is 0 Å².